The second-order valence-corrected chi connectivity index (χ2v) is 13.1. The standard InChI is InChI=1S/C29H35BrO7/c1-15-19-12-20(32)23-28(14-36-16(2)31)10-6-9-27(3,4)21(28)13-22(33)29(23,24(15)34)25(19)37-26(35)17-7-5-8-18(30)11-17/h5,7-8,11,19-23,25,32-33H,1,6,9-10,12-14H2,2-4H3/t19-,20+,21-,22-,23+,25-,28+,29-/m1/s1. The van der Waals surface area contributed by atoms with Gasteiger partial charge in [0.15, 0.2) is 5.78 Å². The van der Waals surface area contributed by atoms with Crippen LogP contribution in [0.3, 0.4) is 0 Å². The molecule has 8 atom stereocenters. The minimum atomic E-state index is -1.55. The lowest BCUT2D eigenvalue weighted by atomic mass is 9.39. The van der Waals surface area contributed by atoms with Crippen LogP contribution in [0.15, 0.2) is 40.9 Å². The summed E-state index contributed by atoms with van der Waals surface area (Å²) >= 11 is 3.38. The molecular formula is C29H35BrO7. The van der Waals surface area contributed by atoms with Crippen LogP contribution in [0.5, 0.6) is 0 Å². The summed E-state index contributed by atoms with van der Waals surface area (Å²) in [6.07, 6.45) is -0.188. The molecule has 4 fully saturated rings. The van der Waals surface area contributed by atoms with Crippen LogP contribution in [0, 0.1) is 34.0 Å². The second-order valence-electron chi connectivity index (χ2n) is 12.2. The van der Waals surface area contributed by atoms with Gasteiger partial charge in [-0.25, -0.2) is 4.79 Å². The van der Waals surface area contributed by atoms with Crippen molar-refractivity contribution in [2.75, 3.05) is 6.61 Å². The van der Waals surface area contributed by atoms with Gasteiger partial charge in [-0.2, -0.15) is 0 Å². The Bertz CT molecular complexity index is 1160. The third-order valence-electron chi connectivity index (χ3n) is 9.93. The third kappa shape index (κ3) is 3.77. The van der Waals surface area contributed by atoms with Crippen molar-refractivity contribution in [3.63, 3.8) is 0 Å². The van der Waals surface area contributed by atoms with Crippen molar-refractivity contribution < 1.29 is 34.1 Å². The van der Waals surface area contributed by atoms with Crippen molar-refractivity contribution in [3.8, 4) is 0 Å². The number of rotatable bonds is 4. The maximum atomic E-state index is 14.1. The van der Waals surface area contributed by atoms with Crippen molar-refractivity contribution in [3.05, 3.63) is 46.5 Å². The highest BCUT2D eigenvalue weighted by atomic mass is 79.9. The lowest BCUT2D eigenvalue weighted by Gasteiger charge is -2.66. The Balaban J connectivity index is 1.65. The summed E-state index contributed by atoms with van der Waals surface area (Å²) in [5, 5.41) is 23.6. The molecular weight excluding hydrogens is 540 g/mol. The number of hydrogen-bond acceptors (Lipinski definition) is 7. The predicted octanol–water partition coefficient (Wildman–Crippen LogP) is 4.24. The van der Waals surface area contributed by atoms with Crippen LogP contribution in [0.4, 0.5) is 0 Å². The maximum absolute atomic E-state index is 14.1. The molecule has 1 aromatic carbocycles. The number of aliphatic hydroxyl groups is 2. The fraction of sp³-hybridized carbons (Fsp3) is 0.621. The smallest absolute Gasteiger partial charge is 0.338 e. The number of esters is 2. The number of fused-ring (bicyclic) bond motifs is 3. The van der Waals surface area contributed by atoms with Gasteiger partial charge in [-0.1, -0.05) is 48.8 Å². The van der Waals surface area contributed by atoms with Crippen LogP contribution in [0.1, 0.15) is 63.2 Å². The highest BCUT2D eigenvalue weighted by Gasteiger charge is 2.78. The van der Waals surface area contributed by atoms with E-state index in [0.29, 0.717) is 16.5 Å². The molecule has 2 N–H and O–H groups in total. The number of ketones is 1. The monoisotopic (exact) mass is 574 g/mol. The number of aliphatic hydroxyl groups excluding tert-OH is 2. The van der Waals surface area contributed by atoms with E-state index in [1.165, 1.54) is 6.92 Å². The van der Waals surface area contributed by atoms with Gasteiger partial charge >= 0.3 is 11.9 Å². The van der Waals surface area contributed by atoms with Gasteiger partial charge in [0.05, 0.1) is 24.4 Å². The number of Topliss-reactive ketones (excluding diaryl/α,β-unsaturated/α-hetero) is 1. The normalized spacial score (nSPS) is 39.9. The summed E-state index contributed by atoms with van der Waals surface area (Å²) in [5.74, 6) is -2.82. The summed E-state index contributed by atoms with van der Waals surface area (Å²) < 4.78 is 12.5. The van der Waals surface area contributed by atoms with E-state index in [9.17, 15) is 24.6 Å². The zero-order chi connectivity index (χ0) is 26.9. The molecule has 8 heteroatoms. The Morgan fingerprint density at radius 3 is 2.59 bits per heavy atom. The second kappa shape index (κ2) is 9.02. The van der Waals surface area contributed by atoms with Crippen LogP contribution >= 0.6 is 15.9 Å². The Morgan fingerprint density at radius 2 is 1.92 bits per heavy atom. The van der Waals surface area contributed by atoms with Gasteiger partial charge in [-0.3, -0.25) is 9.59 Å². The van der Waals surface area contributed by atoms with Gasteiger partial charge < -0.3 is 19.7 Å². The lowest BCUT2D eigenvalue weighted by molar-refractivity contribution is -0.264. The third-order valence-corrected chi connectivity index (χ3v) is 10.4. The molecule has 0 radical (unpaired) electrons. The fourth-order valence-electron chi connectivity index (χ4n) is 8.62. The summed E-state index contributed by atoms with van der Waals surface area (Å²) in [7, 11) is 0. The number of benzene rings is 1. The molecule has 0 aliphatic heterocycles. The quantitative estimate of drug-likeness (QED) is 0.408. The van der Waals surface area contributed by atoms with Crippen LogP contribution in [0.25, 0.3) is 0 Å². The molecule has 37 heavy (non-hydrogen) atoms. The number of ether oxygens (including phenoxy) is 2. The molecule has 4 aliphatic rings. The molecule has 2 bridgehead atoms. The van der Waals surface area contributed by atoms with Crippen LogP contribution < -0.4 is 0 Å². The van der Waals surface area contributed by atoms with E-state index in [4.69, 9.17) is 9.47 Å². The Kier molecular flexibility index (Phi) is 6.48. The maximum Gasteiger partial charge on any atom is 0.338 e. The van der Waals surface area contributed by atoms with E-state index in [2.05, 4.69) is 36.4 Å². The van der Waals surface area contributed by atoms with E-state index in [1.807, 2.05) is 0 Å². The zero-order valence-corrected chi connectivity index (χ0v) is 23.1. The fourth-order valence-corrected chi connectivity index (χ4v) is 9.02. The van der Waals surface area contributed by atoms with Crippen LogP contribution in [0.2, 0.25) is 0 Å². The molecule has 4 aliphatic carbocycles. The Hall–Kier alpha value is -2.03. The Morgan fingerprint density at radius 1 is 1.19 bits per heavy atom. The number of hydrogen-bond donors (Lipinski definition) is 2. The minimum absolute atomic E-state index is 0.0450. The first-order valence-electron chi connectivity index (χ1n) is 13.1. The van der Waals surface area contributed by atoms with Gasteiger partial charge in [0.1, 0.15) is 11.5 Å². The molecule has 0 amide bonds. The van der Waals surface area contributed by atoms with Crippen molar-refractivity contribution in [1.82, 2.24) is 0 Å². The lowest BCUT2D eigenvalue weighted by Crippen LogP contribution is -2.72. The first-order chi connectivity index (χ1) is 17.4. The van der Waals surface area contributed by atoms with E-state index >= 15 is 0 Å². The van der Waals surface area contributed by atoms with Crippen molar-refractivity contribution in [1.29, 1.82) is 0 Å². The van der Waals surface area contributed by atoms with Gasteiger partial charge in [0, 0.05) is 28.6 Å². The molecule has 5 rings (SSSR count). The van der Waals surface area contributed by atoms with Crippen molar-refractivity contribution >= 4 is 33.7 Å². The number of carbonyl (C=O) groups excluding carboxylic acids is 3. The van der Waals surface area contributed by atoms with Crippen LogP contribution in [-0.4, -0.2) is 52.9 Å². The average molecular weight is 575 g/mol. The highest BCUT2D eigenvalue weighted by molar-refractivity contribution is 9.10. The van der Waals surface area contributed by atoms with Gasteiger partial charge in [-0.15, -0.1) is 0 Å². The molecule has 0 saturated heterocycles. The van der Waals surface area contributed by atoms with E-state index in [0.717, 1.165) is 12.8 Å². The van der Waals surface area contributed by atoms with Gasteiger partial charge in [0.25, 0.3) is 0 Å². The van der Waals surface area contributed by atoms with Crippen molar-refractivity contribution in [2.45, 2.75) is 71.2 Å². The Labute approximate surface area is 225 Å². The topological polar surface area (TPSA) is 110 Å². The summed E-state index contributed by atoms with van der Waals surface area (Å²) in [5.41, 5.74) is -1.91. The first-order valence-corrected chi connectivity index (χ1v) is 13.8. The van der Waals surface area contributed by atoms with Gasteiger partial charge in [-0.05, 0) is 60.8 Å². The molecule has 200 valence electrons. The van der Waals surface area contributed by atoms with Gasteiger partial charge in [0.2, 0.25) is 0 Å². The zero-order valence-electron chi connectivity index (χ0n) is 21.5. The molecule has 4 saturated carbocycles. The molecule has 0 aromatic heterocycles. The van der Waals surface area contributed by atoms with Crippen molar-refractivity contribution in [2.24, 2.45) is 34.0 Å². The SMILES string of the molecule is C=C1C(=O)[C@@]23[C@H](O)C[C@@H]4C(C)(C)CCC[C@@]4(COC(C)=O)[C@@H]2[C@@H](O)C[C@H]1[C@H]3OC(=O)c1cccc(Br)c1. The molecule has 7 nitrogen and oxygen atoms in total. The summed E-state index contributed by atoms with van der Waals surface area (Å²) in [6, 6.07) is 6.81. The summed E-state index contributed by atoms with van der Waals surface area (Å²) in [6.45, 7) is 9.73. The number of halogens is 1. The molecule has 1 aromatic rings. The summed E-state index contributed by atoms with van der Waals surface area (Å²) in [4.78, 5) is 39.5. The largest absolute Gasteiger partial charge is 0.465 e. The highest BCUT2D eigenvalue weighted by Crippen LogP contribution is 2.71. The van der Waals surface area contributed by atoms with E-state index in [-0.39, 0.29) is 42.1 Å². The minimum Gasteiger partial charge on any atom is -0.465 e. The first kappa shape index (κ1) is 26.6. The molecule has 0 unspecified atom stereocenters. The average Bonchev–Trinajstić information content (AvgIpc) is 2.95. The van der Waals surface area contributed by atoms with E-state index < -0.39 is 52.9 Å². The molecule has 0 heterocycles. The number of carbonyl (C=O) groups is 3. The van der Waals surface area contributed by atoms with Crippen LogP contribution in [-0.2, 0) is 19.1 Å². The predicted molar refractivity (Wildman–Crippen MR) is 138 cm³/mol. The van der Waals surface area contributed by atoms with E-state index in [1.54, 1.807) is 24.3 Å². The molecule has 1 spiro atoms.